The average Bonchev–Trinajstić information content (AvgIpc) is 3.35. The summed E-state index contributed by atoms with van der Waals surface area (Å²) in [4.78, 5) is 16.6. The molecule has 0 saturated heterocycles. The van der Waals surface area contributed by atoms with Gasteiger partial charge in [-0.05, 0) is 44.2 Å². The molecule has 3 heterocycles. The number of hydrogen-bond acceptors (Lipinski definition) is 5. The molecule has 1 amide bonds. The maximum Gasteiger partial charge on any atom is 0.251 e. The van der Waals surface area contributed by atoms with Crippen LogP contribution in [0.25, 0.3) is 21.5 Å². The number of thiazole rings is 1. The number of nitrogens with zero attached hydrogens (tertiary/aromatic N) is 3. The minimum Gasteiger partial charge on any atom is -0.464 e. The summed E-state index contributed by atoms with van der Waals surface area (Å²) in [5.74, 6) is 0.723. The molecule has 0 fully saturated rings. The van der Waals surface area contributed by atoms with E-state index in [9.17, 15) is 4.79 Å². The number of rotatable bonds is 5. The van der Waals surface area contributed by atoms with E-state index in [4.69, 9.17) is 4.42 Å². The molecule has 4 aromatic rings. The summed E-state index contributed by atoms with van der Waals surface area (Å²) in [6, 6.07) is 9.35. The summed E-state index contributed by atoms with van der Waals surface area (Å²) in [6.07, 6.45) is 1.66. The second-order valence-corrected chi connectivity index (χ2v) is 6.92. The predicted molar refractivity (Wildman–Crippen MR) is 101 cm³/mol. The topological polar surface area (TPSA) is 73.0 Å². The van der Waals surface area contributed by atoms with E-state index in [1.165, 1.54) is 11.3 Å². The SMILES string of the molecule is Cc1nn(CCNC(=O)c2ccc3ncsc3c2)c(C)c1-c1ccco1. The van der Waals surface area contributed by atoms with Gasteiger partial charge in [0.05, 0.1) is 39.8 Å². The molecule has 0 aliphatic rings. The fraction of sp³-hybridized carbons (Fsp3) is 0.211. The summed E-state index contributed by atoms with van der Waals surface area (Å²) >= 11 is 1.53. The van der Waals surface area contributed by atoms with E-state index in [1.807, 2.05) is 42.8 Å². The highest BCUT2D eigenvalue weighted by Gasteiger charge is 2.15. The van der Waals surface area contributed by atoms with Gasteiger partial charge in [0, 0.05) is 17.8 Å². The van der Waals surface area contributed by atoms with Crippen LogP contribution in [-0.2, 0) is 6.54 Å². The lowest BCUT2D eigenvalue weighted by Crippen LogP contribution is -2.27. The van der Waals surface area contributed by atoms with Gasteiger partial charge in [0.15, 0.2) is 0 Å². The highest BCUT2D eigenvalue weighted by Crippen LogP contribution is 2.27. The molecule has 0 aliphatic heterocycles. The third-order valence-corrected chi connectivity index (χ3v) is 5.14. The van der Waals surface area contributed by atoms with Crippen molar-refractivity contribution >= 4 is 27.5 Å². The Kier molecular flexibility index (Phi) is 4.30. The normalized spacial score (nSPS) is 11.2. The first-order valence-electron chi connectivity index (χ1n) is 8.33. The first kappa shape index (κ1) is 16.5. The van der Waals surface area contributed by atoms with Crippen LogP contribution in [-0.4, -0.2) is 27.2 Å². The molecule has 3 aromatic heterocycles. The molecule has 0 saturated carbocycles. The van der Waals surface area contributed by atoms with E-state index in [1.54, 1.807) is 17.8 Å². The van der Waals surface area contributed by atoms with E-state index >= 15 is 0 Å². The predicted octanol–water partition coefficient (Wildman–Crippen LogP) is 3.80. The molecule has 0 aliphatic carbocycles. The van der Waals surface area contributed by atoms with Crippen LogP contribution in [0.4, 0.5) is 0 Å². The van der Waals surface area contributed by atoms with Gasteiger partial charge in [-0.2, -0.15) is 5.10 Å². The summed E-state index contributed by atoms with van der Waals surface area (Å²) in [7, 11) is 0. The highest BCUT2D eigenvalue weighted by molar-refractivity contribution is 7.16. The number of furan rings is 1. The highest BCUT2D eigenvalue weighted by atomic mass is 32.1. The molecule has 26 heavy (non-hydrogen) atoms. The molecular formula is C19H18N4O2S. The van der Waals surface area contributed by atoms with Crippen molar-refractivity contribution in [3.8, 4) is 11.3 Å². The Bertz CT molecular complexity index is 1060. The van der Waals surface area contributed by atoms with Crippen LogP contribution < -0.4 is 5.32 Å². The van der Waals surface area contributed by atoms with Crippen molar-refractivity contribution in [2.75, 3.05) is 6.54 Å². The number of aryl methyl sites for hydroxylation is 1. The maximum absolute atomic E-state index is 12.4. The van der Waals surface area contributed by atoms with Crippen molar-refractivity contribution in [3.63, 3.8) is 0 Å². The Morgan fingerprint density at radius 3 is 3.00 bits per heavy atom. The zero-order valence-electron chi connectivity index (χ0n) is 14.5. The van der Waals surface area contributed by atoms with E-state index < -0.39 is 0 Å². The van der Waals surface area contributed by atoms with Crippen LogP contribution in [0.1, 0.15) is 21.7 Å². The van der Waals surface area contributed by atoms with Crippen molar-refractivity contribution < 1.29 is 9.21 Å². The first-order valence-corrected chi connectivity index (χ1v) is 9.21. The van der Waals surface area contributed by atoms with Gasteiger partial charge in [-0.3, -0.25) is 9.48 Å². The molecule has 1 aromatic carbocycles. The van der Waals surface area contributed by atoms with Gasteiger partial charge in [-0.15, -0.1) is 11.3 Å². The Morgan fingerprint density at radius 1 is 1.31 bits per heavy atom. The molecule has 0 bridgehead atoms. The van der Waals surface area contributed by atoms with E-state index in [0.29, 0.717) is 18.7 Å². The molecule has 0 radical (unpaired) electrons. The second kappa shape index (κ2) is 6.76. The molecule has 7 heteroatoms. The van der Waals surface area contributed by atoms with Gasteiger partial charge >= 0.3 is 0 Å². The molecule has 1 N–H and O–H groups in total. The van der Waals surface area contributed by atoms with E-state index in [-0.39, 0.29) is 5.91 Å². The third kappa shape index (κ3) is 3.01. The third-order valence-electron chi connectivity index (χ3n) is 4.35. The van der Waals surface area contributed by atoms with Crippen LogP contribution in [0.5, 0.6) is 0 Å². The molecule has 0 atom stereocenters. The van der Waals surface area contributed by atoms with Gasteiger partial charge in [0.2, 0.25) is 0 Å². The van der Waals surface area contributed by atoms with Crippen LogP contribution in [0, 0.1) is 13.8 Å². The molecule has 4 rings (SSSR count). The standard InChI is InChI=1S/C19H18N4O2S/c1-12-18(16-4-3-9-25-16)13(2)23(22-12)8-7-20-19(24)14-5-6-15-17(10-14)26-11-21-15/h3-6,9-11H,7-8H2,1-2H3,(H,20,24). The second-order valence-electron chi connectivity index (χ2n) is 6.04. The Morgan fingerprint density at radius 2 is 2.19 bits per heavy atom. The summed E-state index contributed by atoms with van der Waals surface area (Å²) in [6.45, 7) is 5.07. The molecule has 0 spiro atoms. The van der Waals surface area contributed by atoms with Crippen LogP contribution in [0.15, 0.2) is 46.5 Å². The minimum atomic E-state index is -0.0897. The van der Waals surface area contributed by atoms with Crippen molar-refractivity contribution in [3.05, 3.63) is 59.1 Å². The Hall–Kier alpha value is -2.93. The summed E-state index contributed by atoms with van der Waals surface area (Å²) < 4.78 is 8.41. The fourth-order valence-corrected chi connectivity index (χ4v) is 3.78. The van der Waals surface area contributed by atoms with E-state index in [0.717, 1.165) is 32.9 Å². The number of nitrogens with one attached hydrogen (secondary N) is 1. The van der Waals surface area contributed by atoms with E-state index in [2.05, 4.69) is 15.4 Å². The number of carbonyl (C=O) groups excluding carboxylic acids is 1. The van der Waals surface area contributed by atoms with Gasteiger partial charge in [-0.1, -0.05) is 0 Å². The van der Waals surface area contributed by atoms with Crippen LogP contribution in [0.3, 0.4) is 0 Å². The number of aromatic nitrogens is 3. The van der Waals surface area contributed by atoms with Crippen LogP contribution >= 0.6 is 11.3 Å². The molecule has 6 nitrogen and oxygen atoms in total. The smallest absolute Gasteiger partial charge is 0.251 e. The lowest BCUT2D eigenvalue weighted by atomic mass is 10.1. The largest absolute Gasteiger partial charge is 0.464 e. The number of hydrogen-bond donors (Lipinski definition) is 1. The number of carbonyl (C=O) groups is 1. The van der Waals surface area contributed by atoms with Gasteiger partial charge < -0.3 is 9.73 Å². The average molecular weight is 366 g/mol. The Labute approximate surface area is 154 Å². The summed E-state index contributed by atoms with van der Waals surface area (Å²) in [5.41, 5.74) is 6.30. The zero-order chi connectivity index (χ0) is 18.1. The zero-order valence-corrected chi connectivity index (χ0v) is 15.3. The maximum atomic E-state index is 12.4. The van der Waals surface area contributed by atoms with Crippen molar-refractivity contribution in [1.29, 1.82) is 0 Å². The lowest BCUT2D eigenvalue weighted by molar-refractivity contribution is 0.0952. The van der Waals surface area contributed by atoms with Gasteiger partial charge in [0.25, 0.3) is 5.91 Å². The van der Waals surface area contributed by atoms with Crippen molar-refractivity contribution in [2.24, 2.45) is 0 Å². The molecule has 132 valence electrons. The minimum absolute atomic E-state index is 0.0897. The molecular weight excluding hydrogens is 348 g/mol. The van der Waals surface area contributed by atoms with Gasteiger partial charge in [-0.25, -0.2) is 4.98 Å². The summed E-state index contributed by atoms with van der Waals surface area (Å²) in [5, 5.41) is 7.52. The van der Waals surface area contributed by atoms with Gasteiger partial charge in [0.1, 0.15) is 5.76 Å². The number of benzene rings is 1. The van der Waals surface area contributed by atoms with Crippen molar-refractivity contribution in [1.82, 2.24) is 20.1 Å². The first-order chi connectivity index (χ1) is 12.6. The number of amides is 1. The van der Waals surface area contributed by atoms with Crippen molar-refractivity contribution in [2.45, 2.75) is 20.4 Å². The Balaban J connectivity index is 1.43. The molecule has 0 unspecified atom stereocenters. The fourth-order valence-electron chi connectivity index (χ4n) is 3.07. The quantitative estimate of drug-likeness (QED) is 0.583. The lowest BCUT2D eigenvalue weighted by Gasteiger charge is -2.07. The monoisotopic (exact) mass is 366 g/mol. The van der Waals surface area contributed by atoms with Crippen LogP contribution in [0.2, 0.25) is 0 Å². The number of fused-ring (bicyclic) bond motifs is 1.